The van der Waals surface area contributed by atoms with Crippen molar-refractivity contribution in [2.45, 2.75) is 69.8 Å². The number of fused-ring (bicyclic) bond motifs is 2. The van der Waals surface area contributed by atoms with Crippen LogP contribution >= 0.6 is 11.6 Å². The predicted molar refractivity (Wildman–Crippen MR) is 90.5 cm³/mol. The third-order valence-electron chi connectivity index (χ3n) is 4.74. The lowest BCUT2D eigenvalue weighted by Gasteiger charge is -2.48. The monoisotopic (exact) mass is 371 g/mol. The van der Waals surface area contributed by atoms with Crippen molar-refractivity contribution in [3.05, 3.63) is 17.3 Å². The molecule has 0 N–H and O–H groups in total. The minimum Gasteiger partial charge on any atom is -0.473 e. The lowest BCUT2D eigenvalue weighted by molar-refractivity contribution is -0.0377. The van der Waals surface area contributed by atoms with E-state index in [-0.39, 0.29) is 24.3 Å². The van der Waals surface area contributed by atoms with Gasteiger partial charge < -0.3 is 14.4 Å². The molecule has 3 rings (SSSR count). The maximum atomic E-state index is 14.0. The molecule has 1 aromatic rings. The number of hydrogen-bond donors (Lipinski definition) is 0. The maximum absolute atomic E-state index is 14.0. The molecule has 2 fully saturated rings. The standard InChI is InChI=1S/C17H23ClFN3O3/c1-2-3-6-24-17(23)22-12-7-11(19)8-13(22)10-14(9-12)25-16-5-4-15(18)20-21-16/h4-5,11-14H,2-3,6-10H2,1H3. The van der Waals surface area contributed by atoms with Gasteiger partial charge in [-0.3, -0.25) is 0 Å². The van der Waals surface area contributed by atoms with Crippen LogP contribution in [0.2, 0.25) is 5.15 Å². The quantitative estimate of drug-likeness (QED) is 0.737. The van der Waals surface area contributed by atoms with E-state index in [1.807, 2.05) is 6.92 Å². The summed E-state index contributed by atoms with van der Waals surface area (Å²) < 4.78 is 25.2. The van der Waals surface area contributed by atoms with Crippen molar-refractivity contribution in [1.29, 1.82) is 0 Å². The lowest BCUT2D eigenvalue weighted by atomic mass is 9.82. The van der Waals surface area contributed by atoms with Crippen LogP contribution in [-0.4, -0.2) is 52.2 Å². The second-order valence-electron chi connectivity index (χ2n) is 6.66. The Kier molecular flexibility index (Phi) is 5.93. The Balaban J connectivity index is 1.63. The van der Waals surface area contributed by atoms with Crippen molar-refractivity contribution in [2.75, 3.05) is 6.61 Å². The van der Waals surface area contributed by atoms with Crippen molar-refractivity contribution >= 4 is 17.7 Å². The first-order valence-electron chi connectivity index (χ1n) is 8.81. The van der Waals surface area contributed by atoms with E-state index in [0.29, 0.717) is 43.3 Å². The van der Waals surface area contributed by atoms with Gasteiger partial charge in [0.05, 0.1) is 6.61 Å². The molecule has 0 aromatic carbocycles. The fourth-order valence-electron chi connectivity index (χ4n) is 3.64. The van der Waals surface area contributed by atoms with Gasteiger partial charge in [-0.1, -0.05) is 24.9 Å². The molecule has 0 spiro atoms. The van der Waals surface area contributed by atoms with E-state index in [2.05, 4.69) is 10.2 Å². The third kappa shape index (κ3) is 4.51. The highest BCUT2D eigenvalue weighted by Gasteiger charge is 2.45. The van der Waals surface area contributed by atoms with E-state index in [4.69, 9.17) is 21.1 Å². The Labute approximate surface area is 151 Å². The van der Waals surface area contributed by atoms with Gasteiger partial charge in [-0.05, 0) is 25.3 Å². The highest BCUT2D eigenvalue weighted by molar-refractivity contribution is 6.29. The Morgan fingerprint density at radius 3 is 2.60 bits per heavy atom. The van der Waals surface area contributed by atoms with Crippen LogP contribution in [0.25, 0.3) is 0 Å². The van der Waals surface area contributed by atoms with Gasteiger partial charge in [0, 0.05) is 31.0 Å². The molecular formula is C17H23ClFN3O3. The summed E-state index contributed by atoms with van der Waals surface area (Å²) in [6, 6.07) is 2.86. The minimum atomic E-state index is -0.883. The van der Waals surface area contributed by atoms with Crippen LogP contribution in [0.4, 0.5) is 9.18 Å². The van der Waals surface area contributed by atoms with Gasteiger partial charge in [0.2, 0.25) is 5.88 Å². The molecular weight excluding hydrogens is 349 g/mol. The second kappa shape index (κ2) is 8.17. The number of halogens is 2. The second-order valence-corrected chi connectivity index (χ2v) is 7.04. The van der Waals surface area contributed by atoms with Gasteiger partial charge in [-0.2, -0.15) is 0 Å². The number of unbranched alkanes of at least 4 members (excludes halogenated alkanes) is 1. The molecule has 0 radical (unpaired) electrons. The average molecular weight is 372 g/mol. The molecule has 8 heteroatoms. The summed E-state index contributed by atoms with van der Waals surface area (Å²) in [5, 5.41) is 7.96. The molecule has 2 saturated heterocycles. The molecule has 2 unspecified atom stereocenters. The Hall–Kier alpha value is -1.63. The lowest BCUT2D eigenvalue weighted by Crippen LogP contribution is -2.59. The molecule has 138 valence electrons. The summed E-state index contributed by atoms with van der Waals surface area (Å²) in [5.41, 5.74) is 0. The highest BCUT2D eigenvalue weighted by atomic mass is 35.5. The molecule has 3 heterocycles. The number of rotatable bonds is 5. The van der Waals surface area contributed by atoms with E-state index in [9.17, 15) is 9.18 Å². The van der Waals surface area contributed by atoms with Crippen molar-refractivity contribution < 1.29 is 18.7 Å². The summed E-state index contributed by atoms with van der Waals surface area (Å²) in [5.74, 6) is 0.392. The van der Waals surface area contributed by atoms with Crippen molar-refractivity contribution in [2.24, 2.45) is 0 Å². The first-order chi connectivity index (χ1) is 12.1. The first-order valence-corrected chi connectivity index (χ1v) is 9.19. The number of carbonyl (C=O) groups is 1. The molecule has 1 aromatic heterocycles. The molecule has 2 atom stereocenters. The fraction of sp³-hybridized carbons (Fsp3) is 0.706. The summed E-state index contributed by atoms with van der Waals surface area (Å²) in [7, 11) is 0. The molecule has 0 saturated carbocycles. The number of nitrogens with zero attached hydrogens (tertiary/aromatic N) is 3. The molecule has 6 nitrogen and oxygen atoms in total. The minimum absolute atomic E-state index is 0.127. The number of hydrogen-bond acceptors (Lipinski definition) is 5. The molecule has 0 aliphatic carbocycles. The van der Waals surface area contributed by atoms with Gasteiger partial charge in [0.15, 0.2) is 5.15 Å². The van der Waals surface area contributed by atoms with Crippen LogP contribution < -0.4 is 4.74 Å². The van der Waals surface area contributed by atoms with Crippen molar-refractivity contribution in [3.8, 4) is 5.88 Å². The fourth-order valence-corrected chi connectivity index (χ4v) is 3.75. The van der Waals surface area contributed by atoms with Gasteiger partial charge in [0.1, 0.15) is 12.3 Å². The summed E-state index contributed by atoms with van der Waals surface area (Å²) in [6.07, 6.45) is 2.22. The number of alkyl halides is 1. The largest absolute Gasteiger partial charge is 0.473 e. The van der Waals surface area contributed by atoms with Gasteiger partial charge in [-0.25, -0.2) is 9.18 Å². The Morgan fingerprint density at radius 2 is 2.00 bits per heavy atom. The van der Waals surface area contributed by atoms with E-state index < -0.39 is 6.17 Å². The maximum Gasteiger partial charge on any atom is 0.410 e. The van der Waals surface area contributed by atoms with Crippen LogP contribution in [0.1, 0.15) is 45.4 Å². The third-order valence-corrected chi connectivity index (χ3v) is 4.94. The smallest absolute Gasteiger partial charge is 0.410 e. The zero-order chi connectivity index (χ0) is 17.8. The zero-order valence-electron chi connectivity index (χ0n) is 14.2. The van der Waals surface area contributed by atoms with Gasteiger partial charge in [0.25, 0.3) is 0 Å². The molecule has 1 amide bonds. The van der Waals surface area contributed by atoms with Gasteiger partial charge in [-0.15, -0.1) is 10.2 Å². The van der Waals surface area contributed by atoms with Gasteiger partial charge >= 0.3 is 6.09 Å². The Morgan fingerprint density at radius 1 is 1.28 bits per heavy atom. The van der Waals surface area contributed by atoms with Crippen LogP contribution in [0.15, 0.2) is 12.1 Å². The van der Waals surface area contributed by atoms with E-state index in [1.165, 1.54) is 0 Å². The van der Waals surface area contributed by atoms with Crippen molar-refractivity contribution in [1.82, 2.24) is 15.1 Å². The number of aromatic nitrogens is 2. The topological polar surface area (TPSA) is 64.5 Å². The number of amides is 1. The van der Waals surface area contributed by atoms with E-state index >= 15 is 0 Å². The Bertz CT molecular complexity index is 573. The SMILES string of the molecule is CCCCOC(=O)N1C2CC(F)CC1CC(Oc1ccc(Cl)nn1)C2. The highest BCUT2D eigenvalue weighted by Crippen LogP contribution is 2.37. The van der Waals surface area contributed by atoms with Crippen LogP contribution in [0.3, 0.4) is 0 Å². The normalized spacial score (nSPS) is 28.5. The number of piperidine rings is 2. The van der Waals surface area contributed by atoms with E-state index in [1.54, 1.807) is 17.0 Å². The number of carbonyl (C=O) groups excluding carboxylic acids is 1. The summed E-state index contributed by atoms with van der Waals surface area (Å²) >= 11 is 5.73. The predicted octanol–water partition coefficient (Wildman–Crippen LogP) is 3.78. The molecule has 25 heavy (non-hydrogen) atoms. The van der Waals surface area contributed by atoms with Crippen LogP contribution in [0, 0.1) is 0 Å². The molecule has 2 bridgehead atoms. The molecule has 2 aliphatic heterocycles. The average Bonchev–Trinajstić information content (AvgIpc) is 2.56. The molecule has 2 aliphatic rings. The van der Waals surface area contributed by atoms with Crippen LogP contribution in [0.5, 0.6) is 5.88 Å². The first kappa shape index (κ1) is 18.2. The van der Waals surface area contributed by atoms with Crippen molar-refractivity contribution in [3.63, 3.8) is 0 Å². The van der Waals surface area contributed by atoms with Crippen LogP contribution in [-0.2, 0) is 4.74 Å². The van der Waals surface area contributed by atoms with E-state index in [0.717, 1.165) is 12.8 Å². The summed E-state index contributed by atoms with van der Waals surface area (Å²) in [4.78, 5) is 14.1. The summed E-state index contributed by atoms with van der Waals surface area (Å²) in [6.45, 7) is 2.45. The zero-order valence-corrected chi connectivity index (χ0v) is 15.0. The number of ether oxygens (including phenoxy) is 2.